The Morgan fingerprint density at radius 2 is 2.00 bits per heavy atom. The second-order valence-corrected chi connectivity index (χ2v) is 7.01. The van der Waals surface area contributed by atoms with Gasteiger partial charge >= 0.3 is 5.97 Å². The first-order valence-corrected chi connectivity index (χ1v) is 6.84. The van der Waals surface area contributed by atoms with Gasteiger partial charge < -0.3 is 4.74 Å². The fraction of sp³-hybridized carbons (Fsp3) is 0.733. The Hall–Kier alpha value is -1.12. The number of hydrogen-bond acceptors (Lipinski definition) is 3. The van der Waals surface area contributed by atoms with Crippen molar-refractivity contribution in [1.82, 2.24) is 0 Å². The third-order valence-corrected chi connectivity index (χ3v) is 6.11. The highest BCUT2D eigenvalue weighted by molar-refractivity contribution is 6.03. The molecule has 1 spiro atoms. The van der Waals surface area contributed by atoms with Gasteiger partial charge in [-0.05, 0) is 31.3 Å². The van der Waals surface area contributed by atoms with E-state index >= 15 is 0 Å². The number of hydrogen-bond donors (Lipinski definition) is 0. The Morgan fingerprint density at radius 1 is 1.28 bits per heavy atom. The summed E-state index contributed by atoms with van der Waals surface area (Å²) in [6.07, 6.45) is 3.69. The van der Waals surface area contributed by atoms with Crippen LogP contribution in [0.15, 0.2) is 11.6 Å². The molecule has 3 aliphatic carbocycles. The zero-order valence-corrected chi connectivity index (χ0v) is 11.0. The minimum absolute atomic E-state index is 0.0225. The molecule has 2 saturated carbocycles. The van der Waals surface area contributed by atoms with Crippen LogP contribution in [-0.2, 0) is 14.3 Å². The van der Waals surface area contributed by atoms with Crippen LogP contribution in [-0.4, -0.2) is 17.9 Å². The molecule has 0 aromatic carbocycles. The van der Waals surface area contributed by atoms with Gasteiger partial charge in [-0.15, -0.1) is 0 Å². The molecule has 1 heterocycles. The van der Waals surface area contributed by atoms with E-state index in [1.165, 1.54) is 0 Å². The average molecular weight is 246 g/mol. The Balaban J connectivity index is 1.86. The molecule has 0 radical (unpaired) electrons. The summed E-state index contributed by atoms with van der Waals surface area (Å²) in [5.41, 5.74) is 0.357. The highest BCUT2D eigenvalue weighted by Gasteiger charge is 2.85. The lowest BCUT2D eigenvalue weighted by Crippen LogP contribution is -2.75. The molecule has 1 saturated heterocycles. The van der Waals surface area contributed by atoms with Crippen LogP contribution >= 0.6 is 0 Å². The van der Waals surface area contributed by atoms with Crippen LogP contribution in [0.5, 0.6) is 0 Å². The molecular weight excluding hydrogens is 228 g/mol. The molecular formula is C15H18O3. The fourth-order valence-corrected chi connectivity index (χ4v) is 5.23. The molecule has 4 aliphatic rings. The number of fused-ring (bicyclic) bond motifs is 1. The zero-order valence-electron chi connectivity index (χ0n) is 11.0. The van der Waals surface area contributed by atoms with Crippen LogP contribution in [0.1, 0.15) is 33.6 Å². The van der Waals surface area contributed by atoms with Crippen molar-refractivity contribution in [3.05, 3.63) is 11.6 Å². The first-order valence-electron chi connectivity index (χ1n) is 6.84. The molecule has 0 N–H and O–H groups in total. The average Bonchev–Trinajstić information content (AvgIpc) is 2.37. The van der Waals surface area contributed by atoms with Gasteiger partial charge in [-0.3, -0.25) is 9.59 Å². The van der Waals surface area contributed by atoms with Crippen molar-refractivity contribution in [2.75, 3.05) is 0 Å². The van der Waals surface area contributed by atoms with Crippen LogP contribution in [0, 0.1) is 28.6 Å². The van der Waals surface area contributed by atoms with E-state index < -0.39 is 5.41 Å². The van der Waals surface area contributed by atoms with Crippen molar-refractivity contribution in [2.45, 2.75) is 39.7 Å². The summed E-state index contributed by atoms with van der Waals surface area (Å²) in [5.74, 6) is 0.651. The molecule has 5 atom stereocenters. The third-order valence-electron chi connectivity index (χ3n) is 6.11. The fourth-order valence-electron chi connectivity index (χ4n) is 5.23. The topological polar surface area (TPSA) is 43.4 Å². The lowest BCUT2D eigenvalue weighted by atomic mass is 9.30. The SMILES string of the molecule is CC1=CCCC23C(=O)OC4C2C([C@H]3C1=O)C4(C)C. The molecule has 96 valence electrons. The van der Waals surface area contributed by atoms with E-state index in [1.807, 2.05) is 13.0 Å². The Bertz CT molecular complexity index is 516. The molecule has 3 nitrogen and oxygen atoms in total. The molecule has 4 unspecified atom stereocenters. The van der Waals surface area contributed by atoms with Gasteiger partial charge in [0, 0.05) is 17.3 Å². The van der Waals surface area contributed by atoms with Crippen molar-refractivity contribution in [3.63, 3.8) is 0 Å². The van der Waals surface area contributed by atoms with Crippen molar-refractivity contribution < 1.29 is 14.3 Å². The largest absolute Gasteiger partial charge is 0.461 e. The van der Waals surface area contributed by atoms with Gasteiger partial charge in [0.15, 0.2) is 5.78 Å². The van der Waals surface area contributed by atoms with Crippen LogP contribution in [0.25, 0.3) is 0 Å². The van der Waals surface area contributed by atoms with E-state index in [0.29, 0.717) is 11.8 Å². The standard InChI is InChI=1S/C15H18O3/c1-7-5-4-6-15-9(11(7)16)8-10(15)12(14(8,2)3)18-13(15)17/h5,8-10,12H,4,6H2,1-3H3/t8?,9-,10?,12?,15?/m0/s1. The quantitative estimate of drug-likeness (QED) is 0.615. The predicted molar refractivity (Wildman–Crippen MR) is 64.6 cm³/mol. The molecule has 3 fully saturated rings. The summed E-state index contributed by atoms with van der Waals surface area (Å²) in [7, 11) is 0. The predicted octanol–water partition coefficient (Wildman–Crippen LogP) is 2.11. The van der Waals surface area contributed by atoms with E-state index in [4.69, 9.17) is 4.74 Å². The molecule has 1 aliphatic heterocycles. The van der Waals surface area contributed by atoms with Gasteiger partial charge in [0.05, 0.1) is 5.41 Å². The maximum absolute atomic E-state index is 12.5. The lowest BCUT2D eigenvalue weighted by molar-refractivity contribution is -0.251. The summed E-state index contributed by atoms with van der Waals surface area (Å²) < 4.78 is 5.61. The smallest absolute Gasteiger partial charge is 0.313 e. The summed E-state index contributed by atoms with van der Waals surface area (Å²) in [5, 5.41) is 0. The highest BCUT2D eigenvalue weighted by atomic mass is 16.6. The Morgan fingerprint density at radius 3 is 2.72 bits per heavy atom. The maximum atomic E-state index is 12.5. The number of allylic oxidation sites excluding steroid dienone is 2. The number of esters is 1. The van der Waals surface area contributed by atoms with Crippen molar-refractivity contribution in [1.29, 1.82) is 0 Å². The lowest BCUT2D eigenvalue weighted by Gasteiger charge is -2.69. The van der Waals surface area contributed by atoms with Crippen LogP contribution < -0.4 is 0 Å². The monoisotopic (exact) mass is 246 g/mol. The van der Waals surface area contributed by atoms with Gasteiger partial charge in [0.2, 0.25) is 0 Å². The van der Waals surface area contributed by atoms with Crippen LogP contribution in [0.2, 0.25) is 0 Å². The normalized spacial score (nSPS) is 51.2. The molecule has 0 amide bonds. The highest BCUT2D eigenvalue weighted by Crippen LogP contribution is 2.79. The van der Waals surface area contributed by atoms with Crippen LogP contribution in [0.4, 0.5) is 0 Å². The number of rotatable bonds is 0. The van der Waals surface area contributed by atoms with Gasteiger partial charge in [-0.25, -0.2) is 0 Å². The number of ketones is 1. The third kappa shape index (κ3) is 0.799. The molecule has 0 aromatic rings. The first-order chi connectivity index (χ1) is 8.42. The van der Waals surface area contributed by atoms with Gasteiger partial charge in [0.25, 0.3) is 0 Å². The van der Waals surface area contributed by atoms with Gasteiger partial charge in [-0.2, -0.15) is 0 Å². The molecule has 18 heavy (non-hydrogen) atoms. The number of ether oxygens (including phenoxy) is 1. The summed E-state index contributed by atoms with van der Waals surface area (Å²) in [6, 6.07) is 0. The minimum Gasteiger partial charge on any atom is -0.461 e. The molecule has 3 heteroatoms. The van der Waals surface area contributed by atoms with Crippen LogP contribution in [0.3, 0.4) is 0 Å². The Kier molecular flexibility index (Phi) is 1.63. The summed E-state index contributed by atoms with van der Waals surface area (Å²) in [6.45, 7) is 6.16. The van der Waals surface area contributed by atoms with Gasteiger partial charge in [0.1, 0.15) is 6.10 Å². The second kappa shape index (κ2) is 2.73. The number of carbonyl (C=O) groups excluding carboxylic acids is 2. The van der Waals surface area contributed by atoms with Crippen molar-refractivity contribution >= 4 is 11.8 Å². The van der Waals surface area contributed by atoms with E-state index in [9.17, 15) is 9.59 Å². The van der Waals surface area contributed by atoms with E-state index in [-0.39, 0.29) is 29.2 Å². The van der Waals surface area contributed by atoms with E-state index in [1.54, 1.807) is 0 Å². The van der Waals surface area contributed by atoms with Crippen molar-refractivity contribution in [2.24, 2.45) is 28.6 Å². The zero-order chi connectivity index (χ0) is 12.9. The molecule has 4 rings (SSSR count). The number of Topliss-reactive ketones (excluding diaryl/α,β-unsaturated/α-hetero) is 1. The van der Waals surface area contributed by atoms with E-state index in [0.717, 1.165) is 18.4 Å². The Labute approximate surface area is 107 Å². The molecule has 0 aromatic heterocycles. The maximum Gasteiger partial charge on any atom is 0.313 e. The van der Waals surface area contributed by atoms with Crippen molar-refractivity contribution in [3.8, 4) is 0 Å². The second-order valence-electron chi connectivity index (χ2n) is 7.01. The van der Waals surface area contributed by atoms with Gasteiger partial charge in [-0.1, -0.05) is 19.9 Å². The summed E-state index contributed by atoms with van der Waals surface area (Å²) in [4.78, 5) is 24.9. The minimum atomic E-state index is -0.462. The first kappa shape index (κ1) is 10.8. The van der Waals surface area contributed by atoms with E-state index in [2.05, 4.69) is 13.8 Å². The molecule has 0 bridgehead atoms. The summed E-state index contributed by atoms with van der Waals surface area (Å²) >= 11 is 0. The number of carbonyl (C=O) groups is 2.